The van der Waals surface area contributed by atoms with Crippen molar-refractivity contribution in [2.45, 2.75) is 44.9 Å². The molecule has 1 aromatic rings. The number of rotatable bonds is 8. The molecule has 1 heterocycles. The number of nitrogens with zero attached hydrogens (tertiary/aromatic N) is 1. The summed E-state index contributed by atoms with van der Waals surface area (Å²) in [6.07, 6.45) is 0. The summed E-state index contributed by atoms with van der Waals surface area (Å²) in [5, 5.41) is 9.58. The molecular weight excluding hydrogens is 280 g/mol. The maximum atomic E-state index is 12.3. The zero-order chi connectivity index (χ0) is 15.4. The van der Waals surface area contributed by atoms with Crippen LogP contribution in [0.4, 0.5) is 0 Å². The van der Waals surface area contributed by atoms with Gasteiger partial charge in [-0.15, -0.1) is 0 Å². The number of aromatic amines is 1. The molecule has 3 N–H and O–H groups in total. The lowest BCUT2D eigenvalue weighted by atomic mass is 10.1. The van der Waals surface area contributed by atoms with Crippen molar-refractivity contribution in [3.8, 4) is 0 Å². The van der Waals surface area contributed by atoms with Gasteiger partial charge in [-0.05, 0) is 34.7 Å². The van der Waals surface area contributed by atoms with Crippen molar-refractivity contribution in [1.82, 2.24) is 20.2 Å². The van der Waals surface area contributed by atoms with Crippen molar-refractivity contribution < 1.29 is 13.2 Å². The minimum atomic E-state index is -3.66. The van der Waals surface area contributed by atoms with Crippen LogP contribution in [0.1, 0.15) is 32.0 Å². The van der Waals surface area contributed by atoms with Crippen LogP contribution in [0.5, 0.6) is 0 Å². The van der Waals surface area contributed by atoms with E-state index in [-0.39, 0.29) is 11.6 Å². The molecule has 8 heteroatoms. The Hall–Kier alpha value is -0.960. The van der Waals surface area contributed by atoms with Crippen LogP contribution in [0.15, 0.2) is 5.03 Å². The van der Waals surface area contributed by atoms with Gasteiger partial charge in [-0.2, -0.15) is 5.10 Å². The molecular formula is C12H24N4O3S. The average Bonchev–Trinajstić information content (AvgIpc) is 2.70. The second kappa shape index (κ2) is 6.66. The zero-order valence-corrected chi connectivity index (χ0v) is 13.5. The molecule has 0 aromatic carbocycles. The highest BCUT2D eigenvalue weighted by Gasteiger charge is 2.26. The molecule has 0 saturated carbocycles. The fourth-order valence-corrected chi connectivity index (χ4v) is 3.21. The number of H-pyrrole nitrogens is 1. The molecule has 0 aliphatic carbocycles. The highest BCUT2D eigenvalue weighted by Crippen LogP contribution is 2.17. The molecule has 0 fully saturated rings. The van der Waals surface area contributed by atoms with E-state index in [0.717, 1.165) is 5.69 Å². The van der Waals surface area contributed by atoms with Crippen LogP contribution >= 0.6 is 0 Å². The van der Waals surface area contributed by atoms with E-state index in [2.05, 4.69) is 20.2 Å². The summed E-state index contributed by atoms with van der Waals surface area (Å²) in [5.41, 5.74) is 0.828. The van der Waals surface area contributed by atoms with Crippen LogP contribution in [0.2, 0.25) is 0 Å². The predicted molar refractivity (Wildman–Crippen MR) is 77.0 cm³/mol. The van der Waals surface area contributed by atoms with Gasteiger partial charge in [0.05, 0.1) is 5.60 Å². The lowest BCUT2D eigenvalue weighted by molar-refractivity contribution is -0.00516. The Bertz CT molecular complexity index is 537. The van der Waals surface area contributed by atoms with E-state index in [1.165, 1.54) is 0 Å². The Morgan fingerprint density at radius 2 is 2.05 bits per heavy atom. The van der Waals surface area contributed by atoms with Crippen molar-refractivity contribution in [1.29, 1.82) is 0 Å². The first-order valence-electron chi connectivity index (χ1n) is 6.55. The summed E-state index contributed by atoms with van der Waals surface area (Å²) in [6.45, 7) is 8.50. The Labute approximate surface area is 120 Å². The van der Waals surface area contributed by atoms with Crippen molar-refractivity contribution in [3.05, 3.63) is 11.3 Å². The van der Waals surface area contributed by atoms with E-state index in [9.17, 15) is 8.42 Å². The fraction of sp³-hybridized carbons (Fsp3) is 0.750. The van der Waals surface area contributed by atoms with Gasteiger partial charge in [0.2, 0.25) is 0 Å². The molecule has 0 aliphatic heterocycles. The summed E-state index contributed by atoms with van der Waals surface area (Å²) >= 11 is 0. The molecule has 1 rings (SSSR count). The van der Waals surface area contributed by atoms with E-state index in [0.29, 0.717) is 18.7 Å². The van der Waals surface area contributed by atoms with Crippen LogP contribution in [0, 0.1) is 6.92 Å². The Morgan fingerprint density at radius 1 is 1.40 bits per heavy atom. The number of aryl methyl sites for hydroxylation is 1. The lowest BCUT2D eigenvalue weighted by Gasteiger charge is -2.24. The van der Waals surface area contributed by atoms with E-state index < -0.39 is 15.6 Å². The van der Waals surface area contributed by atoms with E-state index in [1.807, 2.05) is 20.8 Å². The highest BCUT2D eigenvalue weighted by molar-refractivity contribution is 7.89. The van der Waals surface area contributed by atoms with Crippen molar-refractivity contribution >= 4 is 10.0 Å². The third kappa shape index (κ3) is 4.27. The molecule has 0 bridgehead atoms. The maximum Gasteiger partial charge on any atom is 0.260 e. The quantitative estimate of drug-likeness (QED) is 0.651. The SMILES string of the molecule is CCOC(C)(C)CNS(=O)(=O)c1n[nH]c(C)c1CNC. The zero-order valence-electron chi connectivity index (χ0n) is 12.7. The standard InChI is InChI=1S/C12H24N4O3S/c1-6-19-12(3,4)8-14-20(17,18)11-10(7-13-5)9(2)15-16-11/h13-14H,6-8H2,1-5H3,(H,15,16). The average molecular weight is 304 g/mol. The molecule has 0 saturated heterocycles. The van der Waals surface area contributed by atoms with Crippen LogP contribution in [-0.4, -0.2) is 44.4 Å². The van der Waals surface area contributed by atoms with Gasteiger partial charge in [0.1, 0.15) is 0 Å². The van der Waals surface area contributed by atoms with Crippen molar-refractivity contribution in [2.24, 2.45) is 0 Å². The minimum Gasteiger partial charge on any atom is -0.375 e. The number of hydrogen-bond donors (Lipinski definition) is 3. The Kier molecular flexibility index (Phi) is 5.69. The van der Waals surface area contributed by atoms with E-state index >= 15 is 0 Å². The molecule has 0 atom stereocenters. The molecule has 0 amide bonds. The fourth-order valence-electron chi connectivity index (χ4n) is 1.82. The van der Waals surface area contributed by atoms with E-state index in [4.69, 9.17) is 4.74 Å². The number of sulfonamides is 1. The van der Waals surface area contributed by atoms with Gasteiger partial charge >= 0.3 is 0 Å². The second-order valence-corrected chi connectivity index (χ2v) is 6.86. The third-order valence-electron chi connectivity index (χ3n) is 2.87. The van der Waals surface area contributed by atoms with Crippen LogP contribution in [0.3, 0.4) is 0 Å². The second-order valence-electron chi connectivity index (χ2n) is 5.18. The van der Waals surface area contributed by atoms with Crippen LogP contribution in [0.25, 0.3) is 0 Å². The van der Waals surface area contributed by atoms with Crippen LogP contribution < -0.4 is 10.0 Å². The lowest BCUT2D eigenvalue weighted by Crippen LogP contribution is -2.40. The number of hydrogen-bond acceptors (Lipinski definition) is 5. The first-order chi connectivity index (χ1) is 9.23. The van der Waals surface area contributed by atoms with Gasteiger partial charge in [0.25, 0.3) is 10.0 Å². The molecule has 20 heavy (non-hydrogen) atoms. The summed E-state index contributed by atoms with van der Waals surface area (Å²) < 4.78 is 32.7. The first-order valence-corrected chi connectivity index (χ1v) is 8.04. The van der Waals surface area contributed by atoms with Gasteiger partial charge in [0.15, 0.2) is 5.03 Å². The van der Waals surface area contributed by atoms with Crippen LogP contribution in [-0.2, 0) is 21.3 Å². The monoisotopic (exact) mass is 304 g/mol. The Morgan fingerprint density at radius 3 is 2.60 bits per heavy atom. The molecule has 116 valence electrons. The summed E-state index contributed by atoms with van der Waals surface area (Å²) in [5.74, 6) is 0. The number of aromatic nitrogens is 2. The van der Waals surface area contributed by atoms with Crippen molar-refractivity contribution in [3.63, 3.8) is 0 Å². The number of nitrogens with one attached hydrogen (secondary N) is 3. The van der Waals surface area contributed by atoms with Gasteiger partial charge in [-0.25, -0.2) is 13.1 Å². The summed E-state index contributed by atoms with van der Waals surface area (Å²) in [6, 6.07) is 0. The smallest absolute Gasteiger partial charge is 0.260 e. The molecule has 0 aliphatic rings. The van der Waals surface area contributed by atoms with Gasteiger partial charge in [-0.3, -0.25) is 5.10 Å². The summed E-state index contributed by atoms with van der Waals surface area (Å²) in [7, 11) is -1.90. The third-order valence-corrected chi connectivity index (χ3v) is 4.24. The Balaban J connectivity index is 2.89. The van der Waals surface area contributed by atoms with Gasteiger partial charge in [0, 0.05) is 31.0 Å². The molecule has 0 spiro atoms. The normalized spacial score (nSPS) is 12.8. The predicted octanol–water partition coefficient (Wildman–Crippen LogP) is 0.531. The first kappa shape index (κ1) is 17.1. The number of ether oxygens (including phenoxy) is 1. The topological polar surface area (TPSA) is 96.1 Å². The molecule has 7 nitrogen and oxygen atoms in total. The molecule has 0 unspecified atom stereocenters. The van der Waals surface area contributed by atoms with Crippen molar-refractivity contribution in [2.75, 3.05) is 20.2 Å². The largest absolute Gasteiger partial charge is 0.375 e. The summed E-state index contributed by atoms with van der Waals surface area (Å²) in [4.78, 5) is 0. The van der Waals surface area contributed by atoms with Gasteiger partial charge < -0.3 is 10.1 Å². The van der Waals surface area contributed by atoms with Gasteiger partial charge in [-0.1, -0.05) is 0 Å². The highest BCUT2D eigenvalue weighted by atomic mass is 32.2. The minimum absolute atomic E-state index is 0.0386. The molecule has 1 aromatic heterocycles. The molecule has 0 radical (unpaired) electrons. The maximum absolute atomic E-state index is 12.3. The van der Waals surface area contributed by atoms with E-state index in [1.54, 1.807) is 14.0 Å².